The van der Waals surface area contributed by atoms with Crippen LogP contribution in [-0.2, 0) is 21.3 Å². The number of rotatable bonds is 17. The molecule has 0 fully saturated rings. The molecule has 0 radical (unpaired) electrons. The van der Waals surface area contributed by atoms with Crippen LogP contribution in [0.25, 0.3) is 0 Å². The Morgan fingerprint density at radius 1 is 1.06 bits per heavy atom. The van der Waals surface area contributed by atoms with Crippen LogP contribution in [-0.4, -0.2) is 38.0 Å². The van der Waals surface area contributed by atoms with Crippen LogP contribution in [0.2, 0.25) is 0 Å². The Hall–Kier alpha value is -1.80. The molecule has 1 atom stereocenters. The molecule has 0 aliphatic carbocycles. The van der Waals surface area contributed by atoms with Gasteiger partial charge in [-0.1, -0.05) is 70.8 Å². The van der Waals surface area contributed by atoms with Gasteiger partial charge in [0.25, 0.3) is 10.1 Å². The third kappa shape index (κ3) is 11.8. The van der Waals surface area contributed by atoms with Crippen molar-refractivity contribution < 1.29 is 27.2 Å². The molecule has 0 aromatic heterocycles. The van der Waals surface area contributed by atoms with E-state index >= 15 is 0 Å². The van der Waals surface area contributed by atoms with Gasteiger partial charge in [-0.15, -0.1) is 0 Å². The summed E-state index contributed by atoms with van der Waals surface area (Å²) in [6, 6.07) is 5.96. The van der Waals surface area contributed by atoms with Crippen molar-refractivity contribution in [2.45, 2.75) is 96.5 Å². The number of amides is 1. The molecule has 1 aliphatic heterocycles. The Morgan fingerprint density at radius 3 is 2.39 bits per heavy atom. The molecule has 1 aliphatic rings. The Morgan fingerprint density at radius 2 is 1.73 bits per heavy atom. The minimum atomic E-state index is -4.03. The average molecular weight is 484 g/mol. The normalized spacial score (nSPS) is 13.9. The second kappa shape index (κ2) is 15.2. The highest BCUT2D eigenvalue weighted by molar-refractivity contribution is 7.85. The highest BCUT2D eigenvalue weighted by Crippen LogP contribution is 2.31. The molecule has 1 aromatic rings. The molecule has 0 saturated carbocycles. The van der Waals surface area contributed by atoms with Crippen LogP contribution >= 0.6 is 0 Å². The second-order valence-electron chi connectivity index (χ2n) is 8.90. The van der Waals surface area contributed by atoms with Crippen molar-refractivity contribution in [3.63, 3.8) is 0 Å². The minimum Gasteiger partial charge on any atom is -0.493 e. The Labute approximate surface area is 199 Å². The fourth-order valence-corrected chi connectivity index (χ4v) is 4.64. The van der Waals surface area contributed by atoms with Gasteiger partial charge < -0.3 is 14.8 Å². The van der Waals surface area contributed by atoms with Crippen LogP contribution in [0.5, 0.6) is 5.75 Å². The number of hydrogen-bond donors (Lipinski definition) is 2. The van der Waals surface area contributed by atoms with E-state index in [0.717, 1.165) is 42.6 Å². The van der Waals surface area contributed by atoms with Gasteiger partial charge in [0.2, 0.25) is 0 Å². The van der Waals surface area contributed by atoms with Crippen molar-refractivity contribution in [2.75, 3.05) is 18.9 Å². The summed E-state index contributed by atoms with van der Waals surface area (Å²) in [5.41, 5.74) is 2.10. The summed E-state index contributed by atoms with van der Waals surface area (Å²) >= 11 is 0. The topological polar surface area (TPSA) is 102 Å². The number of carbonyl (C=O) groups excluding carboxylic acids is 1. The molecule has 1 amide bonds. The zero-order valence-electron chi connectivity index (χ0n) is 20.0. The lowest BCUT2D eigenvalue weighted by Gasteiger charge is -2.19. The fourth-order valence-electron chi connectivity index (χ4n) is 4.13. The van der Waals surface area contributed by atoms with Gasteiger partial charge in [-0.2, -0.15) is 8.42 Å². The number of nitrogens with one attached hydrogen (secondary N) is 1. The van der Waals surface area contributed by atoms with Crippen LogP contribution in [0.3, 0.4) is 0 Å². The summed E-state index contributed by atoms with van der Waals surface area (Å²) in [6.07, 6.45) is 13.3. The maximum atomic E-state index is 12.3. The fraction of sp³-hybridized carbons (Fsp3) is 0.720. The maximum Gasteiger partial charge on any atom is 0.407 e. The number of unbranched alkanes of at least 4 members (excludes halogenated alkanes) is 9. The van der Waals surface area contributed by atoms with E-state index < -0.39 is 16.2 Å². The third-order valence-electron chi connectivity index (χ3n) is 6.00. The van der Waals surface area contributed by atoms with Crippen LogP contribution in [0, 0.1) is 0 Å². The molecule has 7 nitrogen and oxygen atoms in total. The van der Waals surface area contributed by atoms with E-state index in [4.69, 9.17) is 14.0 Å². The molecule has 1 aromatic carbocycles. The molecule has 1 unspecified atom stereocenters. The van der Waals surface area contributed by atoms with E-state index in [9.17, 15) is 13.2 Å². The van der Waals surface area contributed by atoms with Gasteiger partial charge in [0.1, 0.15) is 11.9 Å². The van der Waals surface area contributed by atoms with Crippen LogP contribution in [0.1, 0.15) is 101 Å². The average Bonchev–Trinajstić information content (AvgIpc) is 3.24. The van der Waals surface area contributed by atoms with Crippen molar-refractivity contribution in [2.24, 2.45) is 0 Å². The SMILES string of the molecule is CCCCCCCCCCCCC(OC(=O)NCCCS(=O)(=O)O)c1ccc2c(c1)CCO2. The zero-order valence-corrected chi connectivity index (χ0v) is 20.8. The molecule has 0 bridgehead atoms. The van der Waals surface area contributed by atoms with Gasteiger partial charge in [0.15, 0.2) is 0 Å². The van der Waals surface area contributed by atoms with Crippen molar-refractivity contribution in [3.05, 3.63) is 29.3 Å². The second-order valence-corrected chi connectivity index (χ2v) is 10.5. The van der Waals surface area contributed by atoms with Crippen LogP contribution < -0.4 is 10.1 Å². The zero-order chi connectivity index (χ0) is 23.9. The maximum absolute atomic E-state index is 12.3. The van der Waals surface area contributed by atoms with Gasteiger partial charge in [0.05, 0.1) is 12.4 Å². The van der Waals surface area contributed by atoms with E-state index in [2.05, 4.69) is 18.3 Å². The summed E-state index contributed by atoms with van der Waals surface area (Å²) < 4.78 is 41.7. The van der Waals surface area contributed by atoms with E-state index in [1.54, 1.807) is 0 Å². The molecule has 2 rings (SSSR count). The monoisotopic (exact) mass is 483 g/mol. The predicted molar refractivity (Wildman–Crippen MR) is 130 cm³/mol. The summed E-state index contributed by atoms with van der Waals surface area (Å²) in [5, 5.41) is 2.59. The Bertz CT molecular complexity index is 811. The highest BCUT2D eigenvalue weighted by atomic mass is 32.2. The standard InChI is InChI=1S/C25H41NO6S/c1-2-3-4-5-6-7-8-9-10-11-13-24(21-14-15-23-22(20-21)16-18-31-23)32-25(27)26-17-12-19-33(28,29)30/h14-15,20,24H,2-13,16-19H2,1H3,(H,26,27)(H,28,29,30). The summed E-state index contributed by atoms with van der Waals surface area (Å²) in [7, 11) is -4.03. The number of benzene rings is 1. The van der Waals surface area contributed by atoms with Crippen molar-refractivity contribution in [3.8, 4) is 5.75 Å². The van der Waals surface area contributed by atoms with Gasteiger partial charge in [0, 0.05) is 13.0 Å². The van der Waals surface area contributed by atoms with E-state index in [0.29, 0.717) is 6.61 Å². The first-order valence-corrected chi connectivity index (χ1v) is 14.1. The van der Waals surface area contributed by atoms with Gasteiger partial charge in [-0.25, -0.2) is 4.79 Å². The summed E-state index contributed by atoms with van der Waals surface area (Å²) in [4.78, 5) is 12.3. The number of carbonyl (C=O) groups is 1. The molecule has 0 spiro atoms. The van der Waals surface area contributed by atoms with Gasteiger partial charge >= 0.3 is 6.09 Å². The minimum absolute atomic E-state index is 0.127. The first kappa shape index (κ1) is 27.4. The predicted octanol–water partition coefficient (Wildman–Crippen LogP) is 5.98. The van der Waals surface area contributed by atoms with Crippen LogP contribution in [0.4, 0.5) is 4.79 Å². The molecular weight excluding hydrogens is 442 g/mol. The lowest BCUT2D eigenvalue weighted by atomic mass is 9.99. The molecule has 188 valence electrons. The first-order valence-electron chi connectivity index (χ1n) is 12.5. The Kier molecular flexibility index (Phi) is 12.6. The van der Waals surface area contributed by atoms with E-state index in [1.807, 2.05) is 12.1 Å². The number of fused-ring (bicyclic) bond motifs is 1. The molecular formula is C25H41NO6S. The smallest absolute Gasteiger partial charge is 0.407 e. The molecule has 8 heteroatoms. The van der Waals surface area contributed by atoms with Crippen molar-refractivity contribution >= 4 is 16.2 Å². The Balaban J connectivity index is 1.77. The van der Waals surface area contributed by atoms with E-state index in [1.165, 1.54) is 51.4 Å². The molecule has 1 heterocycles. The lowest BCUT2D eigenvalue weighted by Crippen LogP contribution is -2.28. The first-order chi connectivity index (χ1) is 15.9. The van der Waals surface area contributed by atoms with Crippen molar-refractivity contribution in [1.82, 2.24) is 5.32 Å². The number of ether oxygens (including phenoxy) is 2. The molecule has 33 heavy (non-hydrogen) atoms. The highest BCUT2D eigenvalue weighted by Gasteiger charge is 2.20. The van der Waals surface area contributed by atoms with Gasteiger partial charge in [-0.05, 0) is 42.5 Å². The van der Waals surface area contributed by atoms with Crippen LogP contribution in [0.15, 0.2) is 18.2 Å². The van der Waals surface area contributed by atoms with E-state index in [-0.39, 0.29) is 24.8 Å². The lowest BCUT2D eigenvalue weighted by molar-refractivity contribution is 0.0907. The largest absolute Gasteiger partial charge is 0.493 e. The quantitative estimate of drug-likeness (QED) is 0.209. The summed E-state index contributed by atoms with van der Waals surface area (Å²) in [5.74, 6) is 0.506. The van der Waals surface area contributed by atoms with Crippen molar-refractivity contribution in [1.29, 1.82) is 0 Å². The molecule has 0 saturated heterocycles. The molecule has 2 N–H and O–H groups in total. The number of hydrogen-bond acceptors (Lipinski definition) is 5. The van der Waals surface area contributed by atoms with Gasteiger partial charge in [-0.3, -0.25) is 4.55 Å². The summed E-state index contributed by atoms with van der Waals surface area (Å²) in [6.45, 7) is 3.04. The number of alkyl carbamates (subject to hydrolysis) is 1. The third-order valence-corrected chi connectivity index (χ3v) is 6.81.